The van der Waals surface area contributed by atoms with Crippen molar-refractivity contribution in [2.24, 2.45) is 5.14 Å². The topological polar surface area (TPSA) is 106 Å². The first-order valence-electron chi connectivity index (χ1n) is 13.1. The first kappa shape index (κ1) is 32.7. The van der Waals surface area contributed by atoms with E-state index in [1.807, 2.05) is 0 Å². The number of rotatable bonds is 10. The molecule has 1 aliphatic heterocycles. The fourth-order valence-electron chi connectivity index (χ4n) is 4.68. The van der Waals surface area contributed by atoms with Crippen molar-refractivity contribution >= 4 is 42.8 Å². The Morgan fingerprint density at radius 1 is 1.19 bits per heavy atom. The van der Waals surface area contributed by atoms with Crippen molar-refractivity contribution in [3.05, 3.63) is 46.8 Å². The average Bonchev–Trinajstić information content (AvgIpc) is 3.24. The second-order valence-electron chi connectivity index (χ2n) is 10.1. The molecule has 8 nitrogen and oxygen atoms in total. The molecule has 1 aliphatic rings. The Morgan fingerprint density at radius 3 is 2.63 bits per heavy atom. The SMILES string of the molecule is COCCOc1cc(S(N)(=O)=O)ccc1NCC#Cc1sc2c(NC3CCN(C)CC3(F)F)cccc2c1CC(F)(F)F. The van der Waals surface area contributed by atoms with Gasteiger partial charge in [-0.25, -0.2) is 22.3 Å². The molecule has 1 unspecified atom stereocenters. The zero-order chi connectivity index (χ0) is 31.4. The van der Waals surface area contributed by atoms with E-state index in [0.29, 0.717) is 28.0 Å². The quantitative estimate of drug-likeness (QED) is 0.164. The van der Waals surface area contributed by atoms with Crippen LogP contribution in [0.4, 0.5) is 33.3 Å². The second-order valence-corrected chi connectivity index (χ2v) is 12.6. The van der Waals surface area contributed by atoms with Crippen LogP contribution in [0, 0.1) is 11.8 Å². The van der Waals surface area contributed by atoms with E-state index >= 15 is 0 Å². The van der Waals surface area contributed by atoms with Gasteiger partial charge in [0.25, 0.3) is 5.92 Å². The number of nitrogens with two attached hydrogens (primary N) is 1. The van der Waals surface area contributed by atoms with E-state index in [4.69, 9.17) is 14.6 Å². The minimum atomic E-state index is -4.52. The van der Waals surface area contributed by atoms with E-state index in [1.54, 1.807) is 19.2 Å². The van der Waals surface area contributed by atoms with Crippen molar-refractivity contribution in [3.8, 4) is 17.6 Å². The summed E-state index contributed by atoms with van der Waals surface area (Å²) >= 11 is 1.01. The summed E-state index contributed by atoms with van der Waals surface area (Å²) < 4.78 is 105. The van der Waals surface area contributed by atoms with Crippen molar-refractivity contribution in [2.45, 2.75) is 35.9 Å². The van der Waals surface area contributed by atoms with Gasteiger partial charge in [-0.3, -0.25) is 0 Å². The molecule has 0 spiro atoms. The van der Waals surface area contributed by atoms with Gasteiger partial charge < -0.3 is 25.0 Å². The van der Waals surface area contributed by atoms with E-state index in [0.717, 1.165) is 11.3 Å². The number of nitrogens with one attached hydrogen (secondary N) is 2. The van der Waals surface area contributed by atoms with Crippen molar-refractivity contribution < 1.29 is 39.8 Å². The number of hydrogen-bond donors (Lipinski definition) is 3. The molecule has 0 saturated carbocycles. The molecule has 43 heavy (non-hydrogen) atoms. The molecule has 1 atom stereocenters. The minimum absolute atomic E-state index is 0.0258. The van der Waals surface area contributed by atoms with Crippen molar-refractivity contribution in [1.82, 2.24) is 4.90 Å². The fraction of sp³-hybridized carbons (Fsp3) is 0.429. The van der Waals surface area contributed by atoms with Gasteiger partial charge in [-0.1, -0.05) is 24.0 Å². The Balaban J connectivity index is 1.61. The summed E-state index contributed by atoms with van der Waals surface area (Å²) in [5.74, 6) is 2.76. The number of sulfonamides is 1. The molecule has 2 aromatic carbocycles. The predicted octanol–water partition coefficient (Wildman–Crippen LogP) is 4.89. The zero-order valence-corrected chi connectivity index (χ0v) is 25.0. The van der Waals surface area contributed by atoms with Gasteiger partial charge in [0, 0.05) is 19.7 Å². The molecule has 234 valence electrons. The number of anilines is 2. The van der Waals surface area contributed by atoms with Gasteiger partial charge in [-0.15, -0.1) is 11.3 Å². The van der Waals surface area contributed by atoms with Crippen molar-refractivity contribution in [1.29, 1.82) is 0 Å². The van der Waals surface area contributed by atoms with E-state index in [1.165, 1.54) is 36.3 Å². The summed E-state index contributed by atoms with van der Waals surface area (Å²) in [6, 6.07) is 7.46. The molecule has 2 heterocycles. The van der Waals surface area contributed by atoms with Crippen LogP contribution in [0.2, 0.25) is 0 Å². The lowest BCUT2D eigenvalue weighted by Gasteiger charge is -2.37. The number of hydrogen-bond acceptors (Lipinski definition) is 8. The Bertz CT molecular complexity index is 1620. The molecular formula is C28H31F5N4O4S2. The molecule has 4 N–H and O–H groups in total. The van der Waals surface area contributed by atoms with Gasteiger partial charge in [-0.2, -0.15) is 13.2 Å². The van der Waals surface area contributed by atoms with Gasteiger partial charge in [0.15, 0.2) is 0 Å². The summed E-state index contributed by atoms with van der Waals surface area (Å²) in [4.78, 5) is 1.54. The summed E-state index contributed by atoms with van der Waals surface area (Å²) in [5.41, 5.74) is 0.689. The Kier molecular flexibility index (Phi) is 10.1. The van der Waals surface area contributed by atoms with Crippen LogP contribution in [0.15, 0.2) is 41.3 Å². The van der Waals surface area contributed by atoms with Crippen LogP contribution in [-0.2, 0) is 21.2 Å². The smallest absolute Gasteiger partial charge is 0.393 e. The maximum absolute atomic E-state index is 14.7. The summed E-state index contributed by atoms with van der Waals surface area (Å²) in [6.07, 6.45) is -5.58. The number of likely N-dealkylation sites (tertiary alicyclic amines) is 1. The fourth-order valence-corrected chi connectivity index (χ4v) is 6.38. The van der Waals surface area contributed by atoms with Crippen LogP contribution in [0.5, 0.6) is 5.75 Å². The lowest BCUT2D eigenvalue weighted by atomic mass is 10.0. The molecule has 3 aromatic rings. The standard InChI is InChI=1S/C28H31F5N4O4S2/c1-37-12-10-25(27(29,30)17-37)36-22-6-3-5-19-20(16-28(31,32)33)24(42-26(19)22)7-4-11-35-21-9-8-18(43(34,38)39)15-23(21)41-14-13-40-2/h3,5-6,8-9,15,25,35-36H,10-14,16-17H2,1-2H3,(H2,34,38,39). The monoisotopic (exact) mass is 646 g/mol. The molecule has 1 aromatic heterocycles. The molecule has 0 amide bonds. The third-order valence-electron chi connectivity index (χ3n) is 6.71. The lowest BCUT2D eigenvalue weighted by molar-refractivity contribution is -0.126. The number of benzene rings is 2. The maximum atomic E-state index is 14.7. The van der Waals surface area contributed by atoms with Crippen LogP contribution >= 0.6 is 11.3 Å². The summed E-state index contributed by atoms with van der Waals surface area (Å²) in [5, 5.41) is 11.4. The third kappa shape index (κ3) is 8.48. The second kappa shape index (κ2) is 13.2. The van der Waals surface area contributed by atoms with Crippen LogP contribution in [0.25, 0.3) is 10.1 Å². The Labute approximate surface area is 250 Å². The van der Waals surface area contributed by atoms with Crippen LogP contribution in [0.1, 0.15) is 16.9 Å². The highest BCUT2D eigenvalue weighted by Gasteiger charge is 2.44. The highest BCUT2D eigenvalue weighted by atomic mass is 32.2. The number of ether oxygens (including phenoxy) is 2. The largest absolute Gasteiger partial charge is 0.489 e. The van der Waals surface area contributed by atoms with Crippen LogP contribution < -0.4 is 20.5 Å². The number of halogens is 5. The summed E-state index contributed by atoms with van der Waals surface area (Å²) in [7, 11) is -0.907. The first-order chi connectivity index (χ1) is 20.2. The third-order valence-corrected chi connectivity index (χ3v) is 8.82. The van der Waals surface area contributed by atoms with E-state index in [9.17, 15) is 30.4 Å². The number of fused-ring (bicyclic) bond motifs is 1. The highest BCUT2D eigenvalue weighted by Crippen LogP contribution is 2.40. The van der Waals surface area contributed by atoms with E-state index < -0.39 is 41.1 Å². The minimum Gasteiger partial charge on any atom is -0.489 e. The Morgan fingerprint density at radius 2 is 1.95 bits per heavy atom. The van der Waals surface area contributed by atoms with Crippen LogP contribution in [0.3, 0.4) is 0 Å². The van der Waals surface area contributed by atoms with E-state index in [-0.39, 0.29) is 47.3 Å². The number of thiophene rings is 1. The van der Waals surface area contributed by atoms with Gasteiger partial charge in [0.1, 0.15) is 12.4 Å². The average molecular weight is 647 g/mol. The van der Waals surface area contributed by atoms with Gasteiger partial charge in [-0.05, 0) is 42.6 Å². The molecule has 4 rings (SSSR count). The molecular weight excluding hydrogens is 615 g/mol. The van der Waals surface area contributed by atoms with Gasteiger partial charge in [0.2, 0.25) is 10.0 Å². The summed E-state index contributed by atoms with van der Waals surface area (Å²) in [6.45, 7) is 0.368. The lowest BCUT2D eigenvalue weighted by Crippen LogP contribution is -2.53. The molecule has 1 fully saturated rings. The van der Waals surface area contributed by atoms with Crippen molar-refractivity contribution in [3.63, 3.8) is 0 Å². The predicted molar refractivity (Wildman–Crippen MR) is 157 cm³/mol. The number of nitrogens with zero attached hydrogens (tertiary/aromatic N) is 1. The molecule has 0 radical (unpaired) electrons. The normalized spacial score (nSPS) is 17.3. The first-order valence-corrected chi connectivity index (χ1v) is 15.5. The maximum Gasteiger partial charge on any atom is 0.393 e. The van der Waals surface area contributed by atoms with Gasteiger partial charge >= 0.3 is 6.18 Å². The number of methoxy groups -OCH3 is 1. The number of piperidine rings is 1. The molecule has 0 bridgehead atoms. The Hall–Kier alpha value is -3.16. The van der Waals surface area contributed by atoms with Crippen molar-refractivity contribution in [2.75, 3.05) is 57.6 Å². The number of alkyl halides is 5. The van der Waals surface area contributed by atoms with Gasteiger partial charge in [0.05, 0.1) is 58.0 Å². The molecule has 1 saturated heterocycles. The zero-order valence-electron chi connectivity index (χ0n) is 23.4. The van der Waals surface area contributed by atoms with Crippen LogP contribution in [-0.4, -0.2) is 78.5 Å². The highest BCUT2D eigenvalue weighted by molar-refractivity contribution is 7.89. The molecule has 0 aliphatic carbocycles. The molecule has 15 heteroatoms. The number of primary sulfonamides is 1. The van der Waals surface area contributed by atoms with E-state index in [2.05, 4.69) is 22.5 Å².